The van der Waals surface area contributed by atoms with Crippen LogP contribution in [0, 0.1) is 0 Å². The van der Waals surface area contributed by atoms with Gasteiger partial charge in [-0.25, -0.2) is 0 Å². The number of carbonyl (C=O) groups is 3. The summed E-state index contributed by atoms with van der Waals surface area (Å²) < 4.78 is 16.7. The second kappa shape index (κ2) is 53.7. The molecule has 0 spiro atoms. The van der Waals surface area contributed by atoms with Crippen LogP contribution < -0.4 is 0 Å². The SMILES string of the molecule is CC/C=C/C=C/C=C/C=C/CCCCCC(=O)OCC(COC(=O)CCCCCCCCCCCCCCCCCCCCC)OC(=O)CC/C=C/C/C=C/C/C=C/C/C=C/C/C=C/CC. The molecule has 0 heterocycles. The molecule has 0 fully saturated rings. The monoisotopic (exact) mass is 915 g/mol. The van der Waals surface area contributed by atoms with E-state index in [2.05, 4.69) is 81.5 Å². The number of carbonyl (C=O) groups excluding carboxylic acids is 3. The highest BCUT2D eigenvalue weighted by molar-refractivity contribution is 5.71. The number of ether oxygens (including phenoxy) is 3. The van der Waals surface area contributed by atoms with Crippen molar-refractivity contribution >= 4 is 17.9 Å². The van der Waals surface area contributed by atoms with Crippen LogP contribution in [0.3, 0.4) is 0 Å². The van der Waals surface area contributed by atoms with Crippen LogP contribution in [0.15, 0.2) is 109 Å². The Hall–Kier alpha value is -3.93. The molecule has 0 N–H and O–H groups in total. The van der Waals surface area contributed by atoms with Gasteiger partial charge in [-0.1, -0.05) is 252 Å². The van der Waals surface area contributed by atoms with E-state index in [1.54, 1.807) is 0 Å². The van der Waals surface area contributed by atoms with E-state index in [0.29, 0.717) is 19.3 Å². The van der Waals surface area contributed by atoms with Crippen molar-refractivity contribution in [1.29, 1.82) is 0 Å². The zero-order valence-corrected chi connectivity index (χ0v) is 42.7. The summed E-state index contributed by atoms with van der Waals surface area (Å²) in [6.45, 7) is 6.29. The molecule has 1 atom stereocenters. The first-order chi connectivity index (χ1) is 32.5. The Bertz CT molecular complexity index is 1370. The van der Waals surface area contributed by atoms with Gasteiger partial charge in [-0.2, -0.15) is 0 Å². The van der Waals surface area contributed by atoms with Crippen molar-refractivity contribution in [3.63, 3.8) is 0 Å². The highest BCUT2D eigenvalue weighted by atomic mass is 16.6. The first-order valence-corrected chi connectivity index (χ1v) is 26.9. The van der Waals surface area contributed by atoms with Crippen LogP contribution in [0.5, 0.6) is 0 Å². The van der Waals surface area contributed by atoms with Gasteiger partial charge in [0.15, 0.2) is 6.10 Å². The summed E-state index contributed by atoms with van der Waals surface area (Å²) in [4.78, 5) is 38.0. The molecule has 6 nitrogen and oxygen atoms in total. The summed E-state index contributed by atoms with van der Waals surface area (Å²) in [6, 6.07) is 0. The van der Waals surface area contributed by atoms with Crippen molar-refractivity contribution in [1.82, 2.24) is 0 Å². The largest absolute Gasteiger partial charge is 0.462 e. The molecule has 0 rings (SSSR count). The van der Waals surface area contributed by atoms with Crippen LogP contribution in [0.1, 0.15) is 233 Å². The molecule has 66 heavy (non-hydrogen) atoms. The molecule has 0 aromatic heterocycles. The molecule has 0 saturated carbocycles. The molecule has 0 aliphatic carbocycles. The molecular formula is C60H98O6. The minimum atomic E-state index is -0.834. The van der Waals surface area contributed by atoms with Gasteiger partial charge in [0.1, 0.15) is 13.2 Å². The normalized spacial score (nSPS) is 13.0. The minimum Gasteiger partial charge on any atom is -0.462 e. The van der Waals surface area contributed by atoms with Gasteiger partial charge in [0, 0.05) is 19.3 Å². The minimum absolute atomic E-state index is 0.120. The highest BCUT2D eigenvalue weighted by Crippen LogP contribution is 2.15. The van der Waals surface area contributed by atoms with E-state index in [1.807, 2.05) is 48.6 Å². The van der Waals surface area contributed by atoms with Crippen LogP contribution in [0.2, 0.25) is 0 Å². The number of hydrogen-bond donors (Lipinski definition) is 0. The Morgan fingerprint density at radius 1 is 0.333 bits per heavy atom. The van der Waals surface area contributed by atoms with Gasteiger partial charge in [0.25, 0.3) is 0 Å². The number of esters is 3. The predicted octanol–water partition coefficient (Wildman–Crippen LogP) is 17.9. The van der Waals surface area contributed by atoms with Crippen LogP contribution in [-0.2, 0) is 28.6 Å². The second-order valence-corrected chi connectivity index (χ2v) is 17.5. The van der Waals surface area contributed by atoms with Gasteiger partial charge in [0.2, 0.25) is 0 Å². The fourth-order valence-corrected chi connectivity index (χ4v) is 7.15. The van der Waals surface area contributed by atoms with Gasteiger partial charge in [-0.3, -0.25) is 14.4 Å². The molecule has 6 heteroatoms. The van der Waals surface area contributed by atoms with Crippen LogP contribution in [0.25, 0.3) is 0 Å². The lowest BCUT2D eigenvalue weighted by atomic mass is 10.0. The third-order valence-electron chi connectivity index (χ3n) is 11.1. The van der Waals surface area contributed by atoms with E-state index < -0.39 is 12.1 Å². The van der Waals surface area contributed by atoms with Gasteiger partial charge >= 0.3 is 17.9 Å². The van der Waals surface area contributed by atoms with Gasteiger partial charge < -0.3 is 14.2 Å². The van der Waals surface area contributed by atoms with E-state index in [9.17, 15) is 14.4 Å². The molecule has 374 valence electrons. The Labute approximate surface area is 406 Å². The average Bonchev–Trinajstić information content (AvgIpc) is 3.31. The molecule has 0 bridgehead atoms. The van der Waals surface area contributed by atoms with E-state index in [4.69, 9.17) is 14.2 Å². The highest BCUT2D eigenvalue weighted by Gasteiger charge is 2.19. The van der Waals surface area contributed by atoms with Crippen LogP contribution in [0.4, 0.5) is 0 Å². The molecular weight excluding hydrogens is 817 g/mol. The standard InChI is InChI=1S/C60H98O6/c1-4-7-10-13-16-19-22-25-27-29-30-31-33-35-38-41-44-47-50-53-59(62)65-56-57(55-64-58(61)52-49-46-43-40-37-34-24-21-18-15-12-9-6-3)66-60(63)54-51-48-45-42-39-36-32-28-26-23-20-17-14-11-8-5-2/h8-9,11-12,15,17-18,20-21,24,26,28,34,36-37,39,45,48,57H,4-7,10,13-14,16,19,22-23,25,27,29-33,35,38,40-44,46-47,49-56H2,1-3H3/b11-8+,12-9+,18-15+,20-17+,24-21+,28-26+,37-34+,39-36+,48-45+. The van der Waals surface area contributed by atoms with Crippen LogP contribution >= 0.6 is 0 Å². The van der Waals surface area contributed by atoms with Crippen molar-refractivity contribution < 1.29 is 28.6 Å². The van der Waals surface area contributed by atoms with E-state index >= 15 is 0 Å². The number of rotatable bonds is 47. The fourth-order valence-electron chi connectivity index (χ4n) is 7.15. The van der Waals surface area contributed by atoms with Crippen molar-refractivity contribution in [2.45, 2.75) is 239 Å². The third-order valence-corrected chi connectivity index (χ3v) is 11.1. The lowest BCUT2D eigenvalue weighted by Crippen LogP contribution is -2.30. The van der Waals surface area contributed by atoms with Crippen molar-refractivity contribution in [3.05, 3.63) is 109 Å². The average molecular weight is 915 g/mol. The molecule has 0 aromatic rings. The third kappa shape index (κ3) is 51.1. The maximum Gasteiger partial charge on any atom is 0.306 e. The lowest BCUT2D eigenvalue weighted by Gasteiger charge is -2.18. The Morgan fingerprint density at radius 2 is 0.697 bits per heavy atom. The zero-order chi connectivity index (χ0) is 47.9. The number of unbranched alkanes of at least 4 members (excludes halogenated alkanes) is 21. The predicted molar refractivity (Wildman–Crippen MR) is 283 cm³/mol. The van der Waals surface area contributed by atoms with Gasteiger partial charge in [-0.05, 0) is 70.6 Å². The molecule has 0 amide bonds. The molecule has 0 radical (unpaired) electrons. The van der Waals surface area contributed by atoms with E-state index in [1.165, 1.54) is 103 Å². The summed E-state index contributed by atoms with van der Waals surface area (Å²) in [5, 5.41) is 0. The van der Waals surface area contributed by atoms with Gasteiger partial charge in [0.05, 0.1) is 0 Å². The van der Waals surface area contributed by atoms with E-state index in [0.717, 1.165) is 83.5 Å². The zero-order valence-electron chi connectivity index (χ0n) is 42.7. The lowest BCUT2D eigenvalue weighted by molar-refractivity contribution is -0.166. The van der Waals surface area contributed by atoms with Gasteiger partial charge in [-0.15, -0.1) is 0 Å². The maximum absolute atomic E-state index is 12.8. The summed E-state index contributed by atoms with van der Waals surface area (Å²) in [6.07, 6.45) is 72.4. The maximum atomic E-state index is 12.8. The number of hydrogen-bond acceptors (Lipinski definition) is 6. The molecule has 1 unspecified atom stereocenters. The Morgan fingerprint density at radius 3 is 1.14 bits per heavy atom. The summed E-state index contributed by atoms with van der Waals surface area (Å²) in [5.41, 5.74) is 0. The molecule has 0 aliphatic heterocycles. The number of allylic oxidation sites excluding steroid dienone is 18. The molecule has 0 saturated heterocycles. The second-order valence-electron chi connectivity index (χ2n) is 17.5. The Balaban J connectivity index is 4.49. The quantitative estimate of drug-likeness (QED) is 0.0199. The summed E-state index contributed by atoms with van der Waals surface area (Å²) >= 11 is 0. The first-order valence-electron chi connectivity index (χ1n) is 26.9. The summed E-state index contributed by atoms with van der Waals surface area (Å²) in [7, 11) is 0. The Kier molecular flexibility index (Phi) is 50.5. The molecule has 0 aromatic carbocycles. The van der Waals surface area contributed by atoms with Crippen molar-refractivity contribution in [2.75, 3.05) is 13.2 Å². The summed E-state index contributed by atoms with van der Waals surface area (Å²) in [5.74, 6) is -1.05. The van der Waals surface area contributed by atoms with E-state index in [-0.39, 0.29) is 31.6 Å². The molecule has 0 aliphatic rings. The fraction of sp³-hybridized carbons (Fsp3) is 0.650. The van der Waals surface area contributed by atoms with Crippen molar-refractivity contribution in [2.24, 2.45) is 0 Å². The first kappa shape index (κ1) is 62.1. The smallest absolute Gasteiger partial charge is 0.306 e. The topological polar surface area (TPSA) is 78.9 Å². The van der Waals surface area contributed by atoms with Crippen LogP contribution in [-0.4, -0.2) is 37.2 Å². The van der Waals surface area contributed by atoms with Crippen molar-refractivity contribution in [3.8, 4) is 0 Å².